The smallest absolute Gasteiger partial charge is 0.0635 e. The first-order valence-corrected chi connectivity index (χ1v) is 6.61. The summed E-state index contributed by atoms with van der Waals surface area (Å²) in [4.78, 5) is 4.09. The van der Waals surface area contributed by atoms with E-state index in [1.54, 1.807) is 0 Å². The number of rotatable bonds is 11. The van der Waals surface area contributed by atoms with E-state index < -0.39 is 0 Å². The lowest BCUT2D eigenvalue weighted by molar-refractivity contribution is 0.114. The maximum atomic E-state index is 9.04. The van der Waals surface area contributed by atoms with Crippen molar-refractivity contribution in [3.8, 4) is 12.1 Å². The summed E-state index contributed by atoms with van der Waals surface area (Å²) in [5.74, 6) is 0. The van der Waals surface area contributed by atoms with Crippen LogP contribution in [0.1, 0.15) is 19.8 Å². The van der Waals surface area contributed by atoms with E-state index in [4.69, 9.17) is 20.7 Å². The summed E-state index contributed by atoms with van der Waals surface area (Å²) in [7, 11) is 0. The second kappa shape index (κ2) is 11.9. The van der Waals surface area contributed by atoms with Gasteiger partial charge in [0, 0.05) is 51.6 Å². The number of nitriles is 2. The van der Waals surface area contributed by atoms with Crippen molar-refractivity contribution in [2.24, 2.45) is 0 Å². The SMILES string of the molecule is CC(CN(CCO)CCC#N)N(CCO)CCC#N. The van der Waals surface area contributed by atoms with E-state index in [-0.39, 0.29) is 19.3 Å². The molecule has 6 heteroatoms. The van der Waals surface area contributed by atoms with E-state index in [2.05, 4.69) is 17.0 Å². The third-order valence-electron chi connectivity index (χ3n) is 3.00. The highest BCUT2D eigenvalue weighted by Crippen LogP contribution is 2.04. The van der Waals surface area contributed by atoms with Gasteiger partial charge in [-0.15, -0.1) is 0 Å². The molecule has 0 aliphatic heterocycles. The molecule has 0 aliphatic rings. The summed E-state index contributed by atoms with van der Waals surface area (Å²) in [6, 6.07) is 4.37. The second-order valence-electron chi connectivity index (χ2n) is 4.45. The van der Waals surface area contributed by atoms with Crippen LogP contribution < -0.4 is 0 Å². The summed E-state index contributed by atoms with van der Waals surface area (Å²) >= 11 is 0. The van der Waals surface area contributed by atoms with E-state index in [1.165, 1.54) is 0 Å². The van der Waals surface area contributed by atoms with Gasteiger partial charge in [0.1, 0.15) is 0 Å². The molecular weight excluding hydrogens is 244 g/mol. The van der Waals surface area contributed by atoms with Gasteiger partial charge in [0.25, 0.3) is 0 Å². The minimum Gasteiger partial charge on any atom is -0.395 e. The Morgan fingerprint density at radius 3 is 2.05 bits per heavy atom. The molecule has 0 heterocycles. The van der Waals surface area contributed by atoms with Crippen molar-refractivity contribution >= 4 is 0 Å². The highest BCUT2D eigenvalue weighted by molar-refractivity contribution is 4.79. The first kappa shape index (κ1) is 17.8. The number of aliphatic hydroxyl groups excluding tert-OH is 2. The molecule has 0 amide bonds. The van der Waals surface area contributed by atoms with Crippen LogP contribution in [-0.4, -0.2) is 72.0 Å². The van der Waals surface area contributed by atoms with Crippen molar-refractivity contribution in [2.45, 2.75) is 25.8 Å². The fourth-order valence-electron chi connectivity index (χ4n) is 2.01. The average Bonchev–Trinajstić information content (AvgIpc) is 2.40. The summed E-state index contributed by atoms with van der Waals surface area (Å²) in [5.41, 5.74) is 0. The molecule has 0 fully saturated rings. The molecule has 0 radical (unpaired) electrons. The highest BCUT2D eigenvalue weighted by Gasteiger charge is 2.16. The Morgan fingerprint density at radius 1 is 0.947 bits per heavy atom. The summed E-state index contributed by atoms with van der Waals surface area (Å²) in [5, 5.41) is 35.3. The molecule has 1 atom stereocenters. The van der Waals surface area contributed by atoms with Crippen molar-refractivity contribution in [1.82, 2.24) is 9.80 Å². The minimum atomic E-state index is 0.0635. The van der Waals surface area contributed by atoms with Gasteiger partial charge in [0.2, 0.25) is 0 Å². The molecule has 0 aromatic heterocycles. The van der Waals surface area contributed by atoms with E-state index in [0.717, 1.165) is 0 Å². The molecule has 2 N–H and O–H groups in total. The van der Waals surface area contributed by atoms with Crippen LogP contribution in [0.25, 0.3) is 0 Å². The molecule has 1 unspecified atom stereocenters. The van der Waals surface area contributed by atoms with E-state index in [9.17, 15) is 0 Å². The minimum absolute atomic E-state index is 0.0635. The lowest BCUT2D eigenvalue weighted by Crippen LogP contribution is -2.45. The van der Waals surface area contributed by atoms with E-state index in [0.29, 0.717) is 45.6 Å². The average molecular weight is 268 g/mol. The van der Waals surface area contributed by atoms with Crippen LogP contribution in [0, 0.1) is 22.7 Å². The van der Waals surface area contributed by atoms with Gasteiger partial charge in [0.05, 0.1) is 25.4 Å². The molecule has 19 heavy (non-hydrogen) atoms. The van der Waals surface area contributed by atoms with Crippen LogP contribution in [0.2, 0.25) is 0 Å². The Kier molecular flexibility index (Phi) is 11.1. The van der Waals surface area contributed by atoms with Gasteiger partial charge >= 0.3 is 0 Å². The number of hydrogen-bond donors (Lipinski definition) is 2. The van der Waals surface area contributed by atoms with Crippen LogP contribution in [0.15, 0.2) is 0 Å². The van der Waals surface area contributed by atoms with Crippen LogP contribution in [0.4, 0.5) is 0 Å². The van der Waals surface area contributed by atoms with Crippen molar-refractivity contribution in [1.29, 1.82) is 10.5 Å². The Morgan fingerprint density at radius 2 is 1.53 bits per heavy atom. The Bertz CT molecular complexity index is 298. The van der Waals surface area contributed by atoms with E-state index in [1.807, 2.05) is 11.8 Å². The molecule has 0 aromatic rings. The van der Waals surface area contributed by atoms with Crippen molar-refractivity contribution in [3.63, 3.8) is 0 Å². The van der Waals surface area contributed by atoms with Gasteiger partial charge in [-0.2, -0.15) is 10.5 Å². The summed E-state index contributed by atoms with van der Waals surface area (Å²) in [6.07, 6.45) is 0.869. The largest absolute Gasteiger partial charge is 0.395 e. The predicted octanol–water partition coefficient (Wildman–Crippen LogP) is -0.209. The van der Waals surface area contributed by atoms with Crippen molar-refractivity contribution in [3.05, 3.63) is 0 Å². The van der Waals surface area contributed by atoms with E-state index >= 15 is 0 Å². The number of hydrogen-bond acceptors (Lipinski definition) is 6. The van der Waals surface area contributed by atoms with Gasteiger partial charge in [-0.1, -0.05) is 0 Å². The van der Waals surface area contributed by atoms with Crippen LogP contribution in [-0.2, 0) is 0 Å². The summed E-state index contributed by atoms with van der Waals surface area (Å²) < 4.78 is 0. The molecular formula is C13H24N4O2. The van der Waals surface area contributed by atoms with Gasteiger partial charge < -0.3 is 10.2 Å². The zero-order valence-corrected chi connectivity index (χ0v) is 11.6. The standard InChI is InChI=1S/C13H24N4O2/c1-13(17(9-11-19)7-3-5-15)12-16(8-10-18)6-2-4-14/h13,18-19H,2-3,6-12H2,1H3. The Balaban J connectivity index is 4.33. The zero-order chi connectivity index (χ0) is 14.5. The predicted molar refractivity (Wildman–Crippen MR) is 72.1 cm³/mol. The van der Waals surface area contributed by atoms with Crippen LogP contribution in [0.5, 0.6) is 0 Å². The molecule has 0 rings (SSSR count). The van der Waals surface area contributed by atoms with Crippen LogP contribution >= 0.6 is 0 Å². The number of aliphatic hydroxyl groups is 2. The molecule has 0 aliphatic carbocycles. The fourth-order valence-corrected chi connectivity index (χ4v) is 2.01. The molecule has 0 saturated heterocycles. The topological polar surface area (TPSA) is 94.5 Å². The molecule has 0 spiro atoms. The third-order valence-corrected chi connectivity index (χ3v) is 3.00. The molecule has 108 valence electrons. The fraction of sp³-hybridized carbons (Fsp3) is 0.846. The molecule has 6 nitrogen and oxygen atoms in total. The lowest BCUT2D eigenvalue weighted by Gasteiger charge is -2.32. The Hall–Kier alpha value is -1.18. The van der Waals surface area contributed by atoms with Gasteiger partial charge in [0.15, 0.2) is 0 Å². The maximum Gasteiger partial charge on any atom is 0.0635 e. The van der Waals surface area contributed by atoms with Crippen LogP contribution in [0.3, 0.4) is 0 Å². The molecule has 0 bridgehead atoms. The number of nitrogens with zero attached hydrogens (tertiary/aromatic N) is 4. The quantitative estimate of drug-likeness (QED) is 0.538. The zero-order valence-electron chi connectivity index (χ0n) is 11.6. The molecule has 0 aromatic carbocycles. The van der Waals surface area contributed by atoms with Crippen molar-refractivity contribution in [2.75, 3.05) is 45.9 Å². The first-order valence-electron chi connectivity index (χ1n) is 6.61. The van der Waals surface area contributed by atoms with Gasteiger partial charge in [-0.05, 0) is 6.92 Å². The second-order valence-corrected chi connectivity index (χ2v) is 4.45. The monoisotopic (exact) mass is 268 g/mol. The van der Waals surface area contributed by atoms with Crippen molar-refractivity contribution < 1.29 is 10.2 Å². The molecule has 0 saturated carbocycles. The third kappa shape index (κ3) is 8.52. The highest BCUT2D eigenvalue weighted by atomic mass is 16.3. The maximum absolute atomic E-state index is 9.04. The van der Waals surface area contributed by atoms with Gasteiger partial charge in [-0.3, -0.25) is 9.80 Å². The lowest BCUT2D eigenvalue weighted by atomic mass is 10.2. The Labute approximate surface area is 115 Å². The first-order chi connectivity index (χ1) is 9.19. The normalized spacial score (nSPS) is 12.4. The van der Waals surface area contributed by atoms with Gasteiger partial charge in [-0.25, -0.2) is 0 Å². The summed E-state index contributed by atoms with van der Waals surface area (Å²) in [6.45, 7) is 5.21.